The van der Waals surface area contributed by atoms with Gasteiger partial charge in [0.25, 0.3) is 0 Å². The number of carbonyl (C=O) groups is 1. The molecule has 6 nitrogen and oxygen atoms in total. The predicted molar refractivity (Wildman–Crippen MR) is 90.2 cm³/mol. The molecule has 1 saturated carbocycles. The molecule has 3 rings (SSSR count). The molecule has 1 aromatic heterocycles. The van der Waals surface area contributed by atoms with Crippen LogP contribution in [0.4, 0.5) is 0 Å². The third kappa shape index (κ3) is 4.20. The highest BCUT2D eigenvalue weighted by molar-refractivity contribution is 5.78. The lowest BCUT2D eigenvalue weighted by atomic mass is 9.95. The Hall–Kier alpha value is -2.21. The molecular weight excluding hydrogens is 304 g/mol. The highest BCUT2D eigenvalue weighted by atomic mass is 16.5. The average molecular weight is 328 g/mol. The molecule has 24 heavy (non-hydrogen) atoms. The number of rotatable bonds is 5. The maximum Gasteiger partial charge on any atom is 0.248 e. The predicted octanol–water partition coefficient (Wildman–Crippen LogP) is 2.42. The van der Waals surface area contributed by atoms with E-state index in [-0.39, 0.29) is 18.4 Å². The van der Waals surface area contributed by atoms with Gasteiger partial charge in [-0.2, -0.15) is 4.98 Å². The molecule has 3 N–H and O–H groups in total. The molecule has 6 heteroatoms. The Morgan fingerprint density at radius 3 is 2.71 bits per heavy atom. The van der Waals surface area contributed by atoms with Crippen LogP contribution in [0.1, 0.15) is 61.0 Å². The van der Waals surface area contributed by atoms with Crippen molar-refractivity contribution in [1.82, 2.24) is 15.5 Å². The average Bonchev–Trinajstić information content (AvgIpc) is 3.04. The quantitative estimate of drug-likeness (QED) is 0.879. The van der Waals surface area contributed by atoms with Crippen LogP contribution in [-0.4, -0.2) is 22.1 Å². The van der Waals surface area contributed by atoms with Crippen molar-refractivity contribution in [3.05, 3.63) is 47.1 Å². The van der Waals surface area contributed by atoms with Gasteiger partial charge in [-0.05, 0) is 25.3 Å². The monoisotopic (exact) mass is 328 g/mol. The summed E-state index contributed by atoms with van der Waals surface area (Å²) < 4.78 is 5.24. The summed E-state index contributed by atoms with van der Waals surface area (Å²) in [7, 11) is 0. The number of nitrogens with zero attached hydrogens (tertiary/aromatic N) is 2. The van der Waals surface area contributed by atoms with Crippen molar-refractivity contribution in [2.45, 2.75) is 57.5 Å². The third-order valence-electron chi connectivity index (χ3n) is 4.48. The topological polar surface area (TPSA) is 94.0 Å². The maximum atomic E-state index is 12.1. The van der Waals surface area contributed by atoms with Crippen molar-refractivity contribution >= 4 is 5.91 Å². The normalized spacial score (nSPS) is 16.8. The zero-order valence-electron chi connectivity index (χ0n) is 14.0. The van der Waals surface area contributed by atoms with E-state index < -0.39 is 6.04 Å². The summed E-state index contributed by atoms with van der Waals surface area (Å²) in [4.78, 5) is 16.4. The van der Waals surface area contributed by atoms with Crippen LogP contribution in [-0.2, 0) is 11.2 Å². The highest BCUT2D eigenvalue weighted by Gasteiger charge is 2.20. The van der Waals surface area contributed by atoms with Crippen molar-refractivity contribution in [3.8, 4) is 0 Å². The minimum Gasteiger partial charge on any atom is -0.353 e. The van der Waals surface area contributed by atoms with Gasteiger partial charge in [0.2, 0.25) is 11.8 Å². The van der Waals surface area contributed by atoms with Gasteiger partial charge in [-0.25, -0.2) is 0 Å². The summed E-state index contributed by atoms with van der Waals surface area (Å²) in [5.74, 6) is 0.651. The van der Waals surface area contributed by atoms with E-state index in [1.807, 2.05) is 31.2 Å². The zero-order valence-corrected chi connectivity index (χ0v) is 14.0. The van der Waals surface area contributed by atoms with Crippen molar-refractivity contribution in [1.29, 1.82) is 0 Å². The Bertz CT molecular complexity index is 675. The van der Waals surface area contributed by atoms with E-state index >= 15 is 0 Å². The molecule has 0 radical (unpaired) electrons. The Kier molecular flexibility index (Phi) is 5.25. The molecular formula is C18H24N4O2. The van der Waals surface area contributed by atoms with Gasteiger partial charge in [-0.1, -0.05) is 54.2 Å². The van der Waals surface area contributed by atoms with E-state index in [9.17, 15) is 4.79 Å². The second-order valence-electron chi connectivity index (χ2n) is 6.52. The van der Waals surface area contributed by atoms with E-state index in [0.717, 1.165) is 24.0 Å². The summed E-state index contributed by atoms with van der Waals surface area (Å²) in [5, 5.41) is 6.94. The Labute approximate surface area is 141 Å². The Morgan fingerprint density at radius 2 is 2.00 bits per heavy atom. The highest BCUT2D eigenvalue weighted by Crippen LogP contribution is 2.19. The molecule has 1 heterocycles. The van der Waals surface area contributed by atoms with Gasteiger partial charge >= 0.3 is 0 Å². The van der Waals surface area contributed by atoms with Crippen LogP contribution in [0.2, 0.25) is 0 Å². The van der Waals surface area contributed by atoms with Crippen LogP contribution < -0.4 is 11.1 Å². The fourth-order valence-electron chi connectivity index (χ4n) is 3.05. The van der Waals surface area contributed by atoms with Gasteiger partial charge in [0.05, 0.1) is 6.42 Å². The third-order valence-corrected chi connectivity index (χ3v) is 4.48. The summed E-state index contributed by atoms with van der Waals surface area (Å²) in [6.07, 6.45) is 5.87. The van der Waals surface area contributed by atoms with Crippen LogP contribution in [0.3, 0.4) is 0 Å². The maximum absolute atomic E-state index is 12.1. The summed E-state index contributed by atoms with van der Waals surface area (Å²) in [6, 6.07) is 7.67. The molecule has 1 unspecified atom stereocenters. The first kappa shape index (κ1) is 16.6. The summed E-state index contributed by atoms with van der Waals surface area (Å²) in [5.41, 5.74) is 8.23. The smallest absolute Gasteiger partial charge is 0.248 e. The van der Waals surface area contributed by atoms with E-state index in [1.165, 1.54) is 19.3 Å². The number of benzene rings is 1. The molecule has 2 aromatic rings. The van der Waals surface area contributed by atoms with Gasteiger partial charge in [-0.15, -0.1) is 0 Å². The second-order valence-corrected chi connectivity index (χ2v) is 6.52. The minimum absolute atomic E-state index is 0.0573. The van der Waals surface area contributed by atoms with Crippen LogP contribution in [0, 0.1) is 6.92 Å². The number of aromatic nitrogens is 2. The van der Waals surface area contributed by atoms with Crippen molar-refractivity contribution in [2.75, 3.05) is 0 Å². The number of carbonyl (C=O) groups excluding carboxylic acids is 1. The fraction of sp³-hybridized carbons (Fsp3) is 0.500. The van der Waals surface area contributed by atoms with Crippen LogP contribution >= 0.6 is 0 Å². The van der Waals surface area contributed by atoms with Gasteiger partial charge in [0.1, 0.15) is 6.04 Å². The summed E-state index contributed by atoms with van der Waals surface area (Å²) in [6.45, 7) is 2.02. The largest absolute Gasteiger partial charge is 0.353 e. The lowest BCUT2D eigenvalue weighted by Crippen LogP contribution is -2.37. The lowest BCUT2D eigenvalue weighted by Gasteiger charge is -2.22. The van der Waals surface area contributed by atoms with E-state index in [2.05, 4.69) is 15.5 Å². The molecule has 0 bridgehead atoms. The minimum atomic E-state index is -0.478. The zero-order chi connectivity index (χ0) is 16.9. The molecule has 128 valence electrons. The SMILES string of the molecule is Cc1ccc(C(N)c2nc(CC(=O)NC3CCCCC3)no2)cc1. The van der Waals surface area contributed by atoms with Crippen LogP contribution in [0.5, 0.6) is 0 Å². The van der Waals surface area contributed by atoms with Gasteiger partial charge in [0.15, 0.2) is 5.82 Å². The number of nitrogens with two attached hydrogens (primary N) is 1. The first-order valence-corrected chi connectivity index (χ1v) is 8.56. The number of hydrogen-bond donors (Lipinski definition) is 2. The molecule has 0 saturated heterocycles. The van der Waals surface area contributed by atoms with Crippen LogP contribution in [0.25, 0.3) is 0 Å². The molecule has 1 amide bonds. The van der Waals surface area contributed by atoms with Gasteiger partial charge < -0.3 is 15.6 Å². The van der Waals surface area contributed by atoms with Crippen molar-refractivity contribution in [2.24, 2.45) is 5.73 Å². The molecule has 0 spiro atoms. The number of aryl methyl sites for hydroxylation is 1. The molecule has 1 atom stereocenters. The number of amides is 1. The molecule has 1 aliphatic carbocycles. The Morgan fingerprint density at radius 1 is 1.29 bits per heavy atom. The first-order chi connectivity index (χ1) is 11.6. The van der Waals surface area contributed by atoms with Gasteiger partial charge in [0, 0.05) is 6.04 Å². The van der Waals surface area contributed by atoms with Crippen molar-refractivity contribution in [3.63, 3.8) is 0 Å². The fourth-order valence-corrected chi connectivity index (χ4v) is 3.05. The molecule has 1 aromatic carbocycles. The molecule has 1 aliphatic rings. The lowest BCUT2D eigenvalue weighted by molar-refractivity contribution is -0.121. The van der Waals surface area contributed by atoms with E-state index in [0.29, 0.717) is 11.7 Å². The number of nitrogens with one attached hydrogen (secondary N) is 1. The Balaban J connectivity index is 1.58. The molecule has 0 aliphatic heterocycles. The molecule has 1 fully saturated rings. The van der Waals surface area contributed by atoms with Crippen molar-refractivity contribution < 1.29 is 9.32 Å². The first-order valence-electron chi connectivity index (χ1n) is 8.56. The standard InChI is InChI=1S/C18H24N4O2/c1-12-7-9-13(10-8-12)17(19)18-21-15(22-24-18)11-16(23)20-14-5-3-2-4-6-14/h7-10,14,17H,2-6,11,19H2,1H3,(H,20,23). The number of hydrogen-bond acceptors (Lipinski definition) is 5. The second kappa shape index (κ2) is 7.57. The summed E-state index contributed by atoms with van der Waals surface area (Å²) >= 11 is 0. The van der Waals surface area contributed by atoms with Gasteiger partial charge in [-0.3, -0.25) is 4.79 Å². The van der Waals surface area contributed by atoms with E-state index in [1.54, 1.807) is 0 Å². The van der Waals surface area contributed by atoms with Crippen LogP contribution in [0.15, 0.2) is 28.8 Å². The van der Waals surface area contributed by atoms with E-state index in [4.69, 9.17) is 10.3 Å².